The summed E-state index contributed by atoms with van der Waals surface area (Å²) in [5.74, 6) is -0.207. The molecule has 6 nitrogen and oxygen atoms in total. The standard InChI is InChI=1S/C22H16FN5O/c1-25-20-17(24)10-11-26-22(20)27-12-15-18(13-6-3-2-4-7-13)28-19-14(21(15)29)8-5-9-16(19)23/h2-11H,12H2,(H,28,29)(H3,24,26,27). The molecule has 142 valence electrons. The fraction of sp³-hybridized carbons (Fsp3) is 0.0455. The molecule has 2 aromatic heterocycles. The van der Waals surface area contributed by atoms with Gasteiger partial charge in [0.15, 0.2) is 5.43 Å². The first-order chi connectivity index (χ1) is 14.1. The van der Waals surface area contributed by atoms with Crippen LogP contribution in [0.2, 0.25) is 0 Å². The van der Waals surface area contributed by atoms with Crippen LogP contribution in [0.3, 0.4) is 0 Å². The smallest absolute Gasteiger partial charge is 0.250 e. The molecule has 4 N–H and O–H groups in total. The predicted molar refractivity (Wildman–Crippen MR) is 112 cm³/mol. The number of anilines is 2. The topological polar surface area (TPSA) is 88.2 Å². The van der Waals surface area contributed by atoms with Crippen molar-refractivity contribution in [2.45, 2.75) is 6.54 Å². The number of nitrogen functional groups attached to an aromatic ring is 1. The lowest BCUT2D eigenvalue weighted by Gasteiger charge is -2.14. The molecular weight excluding hydrogens is 369 g/mol. The molecule has 0 saturated carbocycles. The van der Waals surface area contributed by atoms with E-state index in [1.54, 1.807) is 12.1 Å². The number of aromatic amines is 1. The summed E-state index contributed by atoms with van der Waals surface area (Å²) < 4.78 is 14.3. The second-order valence-corrected chi connectivity index (χ2v) is 6.40. The van der Waals surface area contributed by atoms with Gasteiger partial charge in [0.05, 0.1) is 17.8 Å². The summed E-state index contributed by atoms with van der Waals surface area (Å²) in [6, 6.07) is 15.2. The van der Waals surface area contributed by atoms with Crippen LogP contribution in [0.1, 0.15) is 5.56 Å². The Balaban J connectivity index is 1.87. The van der Waals surface area contributed by atoms with E-state index in [2.05, 4.69) is 20.1 Å². The maximum atomic E-state index is 14.3. The van der Waals surface area contributed by atoms with Crippen molar-refractivity contribution in [2.24, 2.45) is 0 Å². The van der Waals surface area contributed by atoms with Crippen LogP contribution >= 0.6 is 0 Å². The van der Waals surface area contributed by atoms with E-state index in [0.29, 0.717) is 16.9 Å². The lowest BCUT2D eigenvalue weighted by molar-refractivity contribution is 0.637. The van der Waals surface area contributed by atoms with Crippen molar-refractivity contribution in [3.05, 3.63) is 93.8 Å². The predicted octanol–water partition coefficient (Wildman–Crippen LogP) is 4.47. The molecule has 0 aliphatic carbocycles. The van der Waals surface area contributed by atoms with Crippen molar-refractivity contribution in [3.8, 4) is 11.3 Å². The highest BCUT2D eigenvalue weighted by Gasteiger charge is 2.16. The minimum absolute atomic E-state index is 0.0883. The number of nitrogens with zero attached hydrogens (tertiary/aromatic N) is 2. The van der Waals surface area contributed by atoms with Crippen LogP contribution in [-0.4, -0.2) is 9.97 Å². The van der Waals surface area contributed by atoms with Crippen molar-refractivity contribution in [3.63, 3.8) is 0 Å². The summed E-state index contributed by atoms with van der Waals surface area (Å²) in [6.45, 7) is 7.40. The molecule has 0 saturated heterocycles. The molecule has 7 heteroatoms. The number of nitrogens with one attached hydrogen (secondary N) is 2. The largest absolute Gasteiger partial charge is 0.407 e. The first-order valence-corrected chi connectivity index (χ1v) is 8.84. The fourth-order valence-corrected chi connectivity index (χ4v) is 3.22. The van der Waals surface area contributed by atoms with Crippen LogP contribution in [0.25, 0.3) is 27.0 Å². The van der Waals surface area contributed by atoms with Crippen molar-refractivity contribution in [1.82, 2.24) is 9.97 Å². The highest BCUT2D eigenvalue weighted by Crippen LogP contribution is 2.30. The SMILES string of the molecule is [C-]#[N+]c1c(N)ccnc1NCc1c(-c2ccccc2)[nH]c2c(F)cccc2c1=O. The highest BCUT2D eigenvalue weighted by molar-refractivity contribution is 5.84. The highest BCUT2D eigenvalue weighted by atomic mass is 19.1. The van der Waals surface area contributed by atoms with E-state index in [9.17, 15) is 9.18 Å². The number of aromatic nitrogens is 2. The normalized spacial score (nSPS) is 10.6. The van der Waals surface area contributed by atoms with Crippen LogP contribution in [0, 0.1) is 12.4 Å². The summed E-state index contributed by atoms with van der Waals surface area (Å²) in [5, 5.41) is 3.29. The van der Waals surface area contributed by atoms with Gasteiger partial charge in [-0.25, -0.2) is 9.24 Å². The Morgan fingerprint density at radius 3 is 2.69 bits per heavy atom. The molecule has 0 amide bonds. The van der Waals surface area contributed by atoms with Crippen molar-refractivity contribution in [2.75, 3.05) is 11.1 Å². The summed E-state index contributed by atoms with van der Waals surface area (Å²) in [5.41, 5.74) is 7.86. The fourth-order valence-electron chi connectivity index (χ4n) is 3.22. The van der Waals surface area contributed by atoms with Crippen LogP contribution in [-0.2, 0) is 6.54 Å². The van der Waals surface area contributed by atoms with E-state index in [1.165, 1.54) is 18.3 Å². The molecule has 4 rings (SSSR count). The average molecular weight is 385 g/mol. The Kier molecular flexibility index (Phi) is 4.67. The minimum Gasteiger partial charge on any atom is -0.407 e. The zero-order valence-corrected chi connectivity index (χ0v) is 15.2. The Morgan fingerprint density at radius 1 is 1.14 bits per heavy atom. The van der Waals surface area contributed by atoms with E-state index in [1.807, 2.05) is 30.3 Å². The average Bonchev–Trinajstić information content (AvgIpc) is 2.74. The zero-order chi connectivity index (χ0) is 20.4. The molecule has 2 heterocycles. The maximum absolute atomic E-state index is 14.3. The molecule has 0 fully saturated rings. The molecule has 2 aromatic carbocycles. The van der Waals surface area contributed by atoms with Gasteiger partial charge in [0.2, 0.25) is 5.69 Å². The summed E-state index contributed by atoms with van der Waals surface area (Å²) in [4.78, 5) is 23.8. The van der Waals surface area contributed by atoms with Gasteiger partial charge in [-0.2, -0.15) is 0 Å². The van der Waals surface area contributed by atoms with Gasteiger partial charge < -0.3 is 16.0 Å². The van der Waals surface area contributed by atoms with Crippen LogP contribution < -0.4 is 16.5 Å². The molecule has 0 radical (unpaired) electrons. The number of para-hydroxylation sites is 1. The summed E-state index contributed by atoms with van der Waals surface area (Å²) in [7, 11) is 0. The van der Waals surface area contributed by atoms with Gasteiger partial charge >= 0.3 is 0 Å². The number of halogens is 1. The third-order valence-corrected chi connectivity index (χ3v) is 4.65. The lowest BCUT2D eigenvalue weighted by Crippen LogP contribution is -2.17. The number of nitrogens with two attached hydrogens (primary N) is 1. The molecule has 0 aliphatic heterocycles. The second kappa shape index (κ2) is 7.44. The number of benzene rings is 2. The van der Waals surface area contributed by atoms with Crippen molar-refractivity contribution < 1.29 is 4.39 Å². The van der Waals surface area contributed by atoms with E-state index >= 15 is 0 Å². The van der Waals surface area contributed by atoms with Gasteiger partial charge in [0.25, 0.3) is 0 Å². The van der Waals surface area contributed by atoms with E-state index in [-0.39, 0.29) is 34.4 Å². The molecule has 29 heavy (non-hydrogen) atoms. The van der Waals surface area contributed by atoms with Gasteiger partial charge in [0, 0.05) is 29.4 Å². The molecule has 0 atom stereocenters. The van der Waals surface area contributed by atoms with Gasteiger partial charge in [-0.15, -0.1) is 0 Å². The number of rotatable bonds is 4. The Morgan fingerprint density at radius 2 is 1.93 bits per heavy atom. The zero-order valence-electron chi connectivity index (χ0n) is 15.2. The molecule has 0 bridgehead atoms. The molecule has 0 spiro atoms. The molecule has 0 aliphatic rings. The van der Waals surface area contributed by atoms with E-state index in [4.69, 9.17) is 12.3 Å². The maximum Gasteiger partial charge on any atom is 0.250 e. The van der Waals surface area contributed by atoms with Gasteiger partial charge in [-0.05, 0) is 23.8 Å². The van der Waals surface area contributed by atoms with Crippen molar-refractivity contribution in [1.29, 1.82) is 0 Å². The first kappa shape index (κ1) is 18.2. The Hall–Kier alpha value is -4.18. The van der Waals surface area contributed by atoms with Crippen molar-refractivity contribution >= 4 is 28.1 Å². The first-order valence-electron chi connectivity index (χ1n) is 8.84. The van der Waals surface area contributed by atoms with E-state index < -0.39 is 5.82 Å². The third kappa shape index (κ3) is 3.28. The van der Waals surface area contributed by atoms with Gasteiger partial charge in [-0.3, -0.25) is 9.78 Å². The summed E-state index contributed by atoms with van der Waals surface area (Å²) >= 11 is 0. The number of hydrogen-bond donors (Lipinski definition) is 3. The number of hydrogen-bond acceptors (Lipinski definition) is 4. The Bertz CT molecular complexity index is 1310. The van der Waals surface area contributed by atoms with Crippen LogP contribution in [0.15, 0.2) is 65.6 Å². The Labute approximate surface area is 165 Å². The van der Waals surface area contributed by atoms with Crippen LogP contribution in [0.4, 0.5) is 21.6 Å². The molecule has 0 unspecified atom stereocenters. The minimum atomic E-state index is -0.496. The third-order valence-electron chi connectivity index (χ3n) is 4.65. The van der Waals surface area contributed by atoms with Gasteiger partial charge in [-0.1, -0.05) is 36.4 Å². The van der Waals surface area contributed by atoms with Crippen LogP contribution in [0.5, 0.6) is 0 Å². The molecular formula is C22H16FN5O. The monoisotopic (exact) mass is 385 g/mol. The number of H-pyrrole nitrogens is 1. The lowest BCUT2D eigenvalue weighted by atomic mass is 10.0. The molecule has 4 aromatic rings. The second-order valence-electron chi connectivity index (χ2n) is 6.40. The number of pyridine rings is 2. The summed E-state index contributed by atoms with van der Waals surface area (Å²) in [6.07, 6.45) is 1.49. The van der Waals surface area contributed by atoms with Gasteiger partial charge in [0.1, 0.15) is 11.6 Å². The number of fused-ring (bicyclic) bond motifs is 1. The quantitative estimate of drug-likeness (QED) is 0.452. The van der Waals surface area contributed by atoms with E-state index in [0.717, 1.165) is 5.56 Å².